The number of nitrogen functional groups attached to an aromatic ring is 1. The molecule has 0 bridgehead atoms. The van der Waals surface area contributed by atoms with Crippen LogP contribution in [0.5, 0.6) is 0 Å². The lowest BCUT2D eigenvalue weighted by Gasteiger charge is -1.97. The van der Waals surface area contributed by atoms with Gasteiger partial charge in [-0.25, -0.2) is 9.78 Å². The highest BCUT2D eigenvalue weighted by molar-refractivity contribution is 5.84. The number of nitrogens with two attached hydrogens (primary N) is 1. The molecular weight excluding hydrogens is 212 g/mol. The maximum absolute atomic E-state index is 11.1. The highest BCUT2D eigenvalue weighted by Crippen LogP contribution is 2.03. The molecule has 0 spiro atoms. The molecule has 2 aromatic rings. The van der Waals surface area contributed by atoms with E-state index in [-0.39, 0.29) is 5.82 Å². The van der Waals surface area contributed by atoms with Crippen LogP contribution in [0.4, 0.5) is 5.82 Å². The average molecular weight is 220 g/mol. The van der Waals surface area contributed by atoms with E-state index in [9.17, 15) is 4.79 Å². The maximum atomic E-state index is 11.1. The van der Waals surface area contributed by atoms with Crippen LogP contribution in [0.25, 0.3) is 5.82 Å². The summed E-state index contributed by atoms with van der Waals surface area (Å²) in [5.74, 6) is 0.0668. The molecule has 0 aliphatic rings. The van der Waals surface area contributed by atoms with Gasteiger partial charge in [0.15, 0.2) is 5.82 Å². The largest absolute Gasteiger partial charge is 0.463 e. The summed E-state index contributed by atoms with van der Waals surface area (Å²) in [5.41, 5.74) is 5.39. The number of aromatic nitrogens is 5. The molecule has 0 aromatic carbocycles. The fourth-order valence-electron chi connectivity index (χ4n) is 1.02. The Morgan fingerprint density at radius 2 is 2.25 bits per heavy atom. The summed E-state index contributed by atoms with van der Waals surface area (Å²) in [7, 11) is 1.26. The van der Waals surface area contributed by atoms with Crippen molar-refractivity contribution in [3.05, 3.63) is 24.3 Å². The van der Waals surface area contributed by atoms with E-state index in [2.05, 4.69) is 25.0 Å². The van der Waals surface area contributed by atoms with Crippen molar-refractivity contribution in [3.8, 4) is 5.82 Å². The SMILES string of the molecule is COC(=O)c1ncn(-c2ccc(N)nn2)n1. The van der Waals surface area contributed by atoms with E-state index < -0.39 is 5.97 Å². The Kier molecular flexibility index (Phi) is 2.46. The first-order chi connectivity index (χ1) is 7.70. The van der Waals surface area contributed by atoms with Gasteiger partial charge in [0.1, 0.15) is 12.1 Å². The van der Waals surface area contributed by atoms with Crippen molar-refractivity contribution in [3.63, 3.8) is 0 Å². The minimum Gasteiger partial charge on any atom is -0.463 e. The number of hydrogen-bond acceptors (Lipinski definition) is 7. The van der Waals surface area contributed by atoms with E-state index in [0.717, 1.165) is 0 Å². The second-order valence-electron chi connectivity index (χ2n) is 2.82. The van der Waals surface area contributed by atoms with Gasteiger partial charge in [-0.05, 0) is 12.1 Å². The molecule has 0 aliphatic carbocycles. The lowest BCUT2D eigenvalue weighted by atomic mass is 10.5. The average Bonchev–Trinajstić information content (AvgIpc) is 2.78. The van der Waals surface area contributed by atoms with Crippen LogP contribution in [-0.2, 0) is 4.74 Å². The first-order valence-electron chi connectivity index (χ1n) is 4.30. The number of carbonyl (C=O) groups is 1. The van der Waals surface area contributed by atoms with Gasteiger partial charge in [0.05, 0.1) is 7.11 Å². The van der Waals surface area contributed by atoms with Crippen molar-refractivity contribution in [2.24, 2.45) is 0 Å². The number of rotatable bonds is 2. The number of nitrogens with zero attached hydrogens (tertiary/aromatic N) is 5. The first-order valence-corrected chi connectivity index (χ1v) is 4.30. The highest BCUT2D eigenvalue weighted by Gasteiger charge is 2.12. The zero-order chi connectivity index (χ0) is 11.5. The molecule has 2 N–H and O–H groups in total. The summed E-state index contributed by atoms with van der Waals surface area (Å²) in [6.07, 6.45) is 1.34. The Hall–Kier alpha value is -2.51. The summed E-state index contributed by atoms with van der Waals surface area (Å²) < 4.78 is 5.78. The monoisotopic (exact) mass is 220 g/mol. The lowest BCUT2D eigenvalue weighted by molar-refractivity contribution is 0.0587. The Morgan fingerprint density at radius 1 is 1.44 bits per heavy atom. The molecule has 8 heteroatoms. The topological polar surface area (TPSA) is 109 Å². The number of esters is 1. The summed E-state index contributed by atoms with van der Waals surface area (Å²) in [6, 6.07) is 3.18. The smallest absolute Gasteiger partial charge is 0.377 e. The van der Waals surface area contributed by atoms with Crippen molar-refractivity contribution in [1.82, 2.24) is 25.0 Å². The molecule has 0 saturated heterocycles. The molecule has 16 heavy (non-hydrogen) atoms. The molecule has 0 radical (unpaired) electrons. The third-order valence-corrected chi connectivity index (χ3v) is 1.77. The number of anilines is 1. The quantitative estimate of drug-likeness (QED) is 0.674. The van der Waals surface area contributed by atoms with Gasteiger partial charge >= 0.3 is 5.97 Å². The summed E-state index contributed by atoms with van der Waals surface area (Å²) in [5, 5.41) is 11.3. The molecule has 0 unspecified atom stereocenters. The van der Waals surface area contributed by atoms with E-state index in [1.165, 1.54) is 18.1 Å². The van der Waals surface area contributed by atoms with Crippen LogP contribution < -0.4 is 5.73 Å². The zero-order valence-corrected chi connectivity index (χ0v) is 8.36. The van der Waals surface area contributed by atoms with Crippen LogP contribution in [0.3, 0.4) is 0 Å². The summed E-state index contributed by atoms with van der Waals surface area (Å²) in [6.45, 7) is 0. The molecule has 0 fully saturated rings. The predicted octanol–water partition coefficient (Wildman–Crippen LogP) is -0.574. The van der Waals surface area contributed by atoms with Crippen LogP contribution in [0.2, 0.25) is 0 Å². The maximum Gasteiger partial charge on any atom is 0.377 e. The van der Waals surface area contributed by atoms with Crippen molar-refractivity contribution in [2.45, 2.75) is 0 Å². The Labute approximate surface area is 90.1 Å². The summed E-state index contributed by atoms with van der Waals surface area (Å²) >= 11 is 0. The summed E-state index contributed by atoms with van der Waals surface area (Å²) in [4.78, 5) is 14.9. The van der Waals surface area contributed by atoms with E-state index in [0.29, 0.717) is 11.6 Å². The molecule has 8 nitrogen and oxygen atoms in total. The number of ether oxygens (including phenoxy) is 1. The van der Waals surface area contributed by atoms with Gasteiger partial charge in [0, 0.05) is 0 Å². The zero-order valence-electron chi connectivity index (χ0n) is 8.36. The van der Waals surface area contributed by atoms with Gasteiger partial charge in [-0.15, -0.1) is 15.3 Å². The standard InChI is InChI=1S/C8H8N6O2/c1-16-8(15)7-10-4-14(13-7)6-3-2-5(9)11-12-6/h2-4H,1H3,(H2,9,11). The lowest BCUT2D eigenvalue weighted by Crippen LogP contribution is -2.06. The fraction of sp³-hybridized carbons (Fsp3) is 0.125. The van der Waals surface area contributed by atoms with Crippen LogP contribution in [0, 0.1) is 0 Å². The molecule has 0 aliphatic heterocycles. The molecule has 2 aromatic heterocycles. The van der Waals surface area contributed by atoms with E-state index in [1.807, 2.05) is 0 Å². The Bertz CT molecular complexity index is 506. The molecule has 0 atom stereocenters. The van der Waals surface area contributed by atoms with E-state index >= 15 is 0 Å². The number of methoxy groups -OCH3 is 1. The van der Waals surface area contributed by atoms with Crippen molar-refractivity contribution in [1.29, 1.82) is 0 Å². The van der Waals surface area contributed by atoms with Gasteiger partial charge in [0.25, 0.3) is 5.82 Å². The van der Waals surface area contributed by atoms with Gasteiger partial charge in [-0.1, -0.05) is 0 Å². The molecule has 2 rings (SSSR count). The second-order valence-corrected chi connectivity index (χ2v) is 2.82. The van der Waals surface area contributed by atoms with E-state index in [4.69, 9.17) is 5.73 Å². The minimum atomic E-state index is -0.609. The van der Waals surface area contributed by atoms with Crippen LogP contribution in [-0.4, -0.2) is 38.0 Å². The third kappa shape index (κ3) is 1.80. The van der Waals surface area contributed by atoms with Gasteiger partial charge in [-0.2, -0.15) is 4.68 Å². The van der Waals surface area contributed by atoms with Crippen LogP contribution in [0.1, 0.15) is 10.6 Å². The van der Waals surface area contributed by atoms with Crippen molar-refractivity contribution < 1.29 is 9.53 Å². The Balaban J connectivity index is 2.31. The highest BCUT2D eigenvalue weighted by atomic mass is 16.5. The van der Waals surface area contributed by atoms with Crippen LogP contribution in [0.15, 0.2) is 18.5 Å². The second kappa shape index (κ2) is 3.93. The van der Waals surface area contributed by atoms with Crippen molar-refractivity contribution >= 4 is 11.8 Å². The molecular formula is C8H8N6O2. The van der Waals surface area contributed by atoms with Crippen LogP contribution >= 0.6 is 0 Å². The molecule has 0 saturated carbocycles. The molecule has 82 valence electrons. The van der Waals surface area contributed by atoms with Gasteiger partial charge in [0.2, 0.25) is 0 Å². The molecule has 0 amide bonds. The first kappa shape index (κ1) is 10.0. The Morgan fingerprint density at radius 3 is 2.88 bits per heavy atom. The van der Waals surface area contributed by atoms with Crippen molar-refractivity contribution in [2.75, 3.05) is 12.8 Å². The normalized spacial score (nSPS) is 10.1. The third-order valence-electron chi connectivity index (χ3n) is 1.77. The predicted molar refractivity (Wildman–Crippen MR) is 52.7 cm³/mol. The fourth-order valence-corrected chi connectivity index (χ4v) is 1.02. The number of hydrogen-bond donors (Lipinski definition) is 1. The van der Waals surface area contributed by atoms with Gasteiger partial charge in [-0.3, -0.25) is 0 Å². The minimum absolute atomic E-state index is 0.0406. The number of carbonyl (C=O) groups excluding carboxylic acids is 1. The molecule has 2 heterocycles. The van der Waals surface area contributed by atoms with E-state index in [1.54, 1.807) is 12.1 Å². The van der Waals surface area contributed by atoms with Gasteiger partial charge < -0.3 is 10.5 Å².